The van der Waals surface area contributed by atoms with E-state index in [1.807, 2.05) is 13.0 Å². The molecule has 0 spiro atoms. The van der Waals surface area contributed by atoms with E-state index in [0.29, 0.717) is 18.2 Å². The van der Waals surface area contributed by atoms with Crippen molar-refractivity contribution < 1.29 is 0 Å². The van der Waals surface area contributed by atoms with Crippen LogP contribution in [0.25, 0.3) is 0 Å². The summed E-state index contributed by atoms with van der Waals surface area (Å²) >= 11 is 7.46. The highest BCUT2D eigenvalue weighted by Crippen LogP contribution is 2.15. The van der Waals surface area contributed by atoms with Crippen LogP contribution < -0.4 is 10.6 Å². The fraction of sp³-hybridized carbons (Fsp3) is 0.357. The fourth-order valence-electron chi connectivity index (χ4n) is 1.69. The number of nitrogens with zero attached hydrogens (tertiary/aromatic N) is 3. The first-order chi connectivity index (χ1) is 10.1. The largest absolute Gasteiger partial charge is 0.352 e. The van der Waals surface area contributed by atoms with Gasteiger partial charge in [-0.15, -0.1) is 11.3 Å². The molecule has 2 aromatic heterocycles. The van der Waals surface area contributed by atoms with Gasteiger partial charge in [-0.05, 0) is 25.5 Å². The van der Waals surface area contributed by atoms with Gasteiger partial charge >= 0.3 is 0 Å². The van der Waals surface area contributed by atoms with Crippen molar-refractivity contribution in [1.29, 1.82) is 0 Å². The molecule has 7 heteroatoms. The molecule has 0 aliphatic rings. The number of thiazole rings is 1. The Bertz CT molecular complexity index is 601. The van der Waals surface area contributed by atoms with Crippen molar-refractivity contribution in [3.05, 3.63) is 44.6 Å². The molecule has 21 heavy (non-hydrogen) atoms. The Morgan fingerprint density at radius 3 is 2.62 bits per heavy atom. The Kier molecular flexibility index (Phi) is 5.52. The molecular formula is C14H18ClN5S. The molecule has 0 amide bonds. The van der Waals surface area contributed by atoms with Crippen LogP contribution in [0.15, 0.2) is 23.3 Å². The maximum absolute atomic E-state index is 5.76. The van der Waals surface area contributed by atoms with E-state index < -0.39 is 0 Å². The van der Waals surface area contributed by atoms with Crippen LogP contribution in [0.1, 0.15) is 21.1 Å². The molecule has 112 valence electrons. The van der Waals surface area contributed by atoms with E-state index in [2.05, 4.69) is 32.5 Å². The van der Waals surface area contributed by atoms with E-state index in [1.54, 1.807) is 30.6 Å². The summed E-state index contributed by atoms with van der Waals surface area (Å²) < 4.78 is 0. The van der Waals surface area contributed by atoms with Gasteiger partial charge in [0.2, 0.25) is 0 Å². The van der Waals surface area contributed by atoms with Gasteiger partial charge in [-0.1, -0.05) is 17.7 Å². The Morgan fingerprint density at radius 2 is 2.05 bits per heavy atom. The number of nitrogens with one attached hydrogen (secondary N) is 2. The summed E-state index contributed by atoms with van der Waals surface area (Å²) in [7, 11) is 1.74. The van der Waals surface area contributed by atoms with Crippen LogP contribution in [0.2, 0.25) is 5.15 Å². The third-order valence-corrected chi connectivity index (χ3v) is 4.25. The van der Waals surface area contributed by atoms with Crippen molar-refractivity contribution in [2.75, 3.05) is 7.05 Å². The summed E-state index contributed by atoms with van der Waals surface area (Å²) in [5.41, 5.74) is 2.13. The lowest BCUT2D eigenvalue weighted by atomic mass is 10.3. The lowest BCUT2D eigenvalue weighted by Crippen LogP contribution is -2.36. The number of aliphatic imine (C=N–C) groups is 1. The maximum Gasteiger partial charge on any atom is 0.191 e. The first kappa shape index (κ1) is 15.7. The van der Waals surface area contributed by atoms with Gasteiger partial charge in [0, 0.05) is 24.7 Å². The molecule has 2 N–H and O–H groups in total. The summed E-state index contributed by atoms with van der Waals surface area (Å²) in [5.74, 6) is 0.732. The van der Waals surface area contributed by atoms with Crippen LogP contribution in [-0.4, -0.2) is 23.0 Å². The van der Waals surface area contributed by atoms with Crippen molar-refractivity contribution in [1.82, 2.24) is 20.6 Å². The molecule has 0 saturated heterocycles. The highest BCUT2D eigenvalue weighted by atomic mass is 35.5. The van der Waals surface area contributed by atoms with Gasteiger partial charge < -0.3 is 10.6 Å². The maximum atomic E-state index is 5.76. The minimum absolute atomic E-state index is 0.496. The third kappa shape index (κ3) is 4.68. The topological polar surface area (TPSA) is 62.2 Å². The standard InChI is InChI=1S/C14H18ClN5S/c1-9-10(2)21-13(20-9)8-19-14(16-3)18-7-11-4-5-12(15)17-6-11/h4-6H,7-8H2,1-3H3,(H2,16,18,19). The Labute approximate surface area is 133 Å². The van der Waals surface area contributed by atoms with Gasteiger partial charge in [0.15, 0.2) is 5.96 Å². The number of halogens is 1. The second-order valence-electron chi connectivity index (χ2n) is 4.52. The average molecular weight is 324 g/mol. The van der Waals surface area contributed by atoms with Gasteiger partial charge in [-0.25, -0.2) is 9.97 Å². The zero-order valence-corrected chi connectivity index (χ0v) is 13.8. The van der Waals surface area contributed by atoms with Crippen molar-refractivity contribution in [2.24, 2.45) is 4.99 Å². The van der Waals surface area contributed by atoms with Gasteiger partial charge in [-0.3, -0.25) is 4.99 Å². The van der Waals surface area contributed by atoms with E-state index in [0.717, 1.165) is 22.2 Å². The molecule has 5 nitrogen and oxygen atoms in total. The molecule has 0 aliphatic heterocycles. The summed E-state index contributed by atoms with van der Waals surface area (Å²) in [6, 6.07) is 3.71. The molecule has 2 heterocycles. The van der Waals surface area contributed by atoms with Crippen LogP contribution >= 0.6 is 22.9 Å². The Hall–Kier alpha value is -1.66. The van der Waals surface area contributed by atoms with Crippen molar-refractivity contribution >= 4 is 28.9 Å². The number of guanidine groups is 1. The molecule has 0 aromatic carbocycles. The highest BCUT2D eigenvalue weighted by Gasteiger charge is 2.05. The van der Waals surface area contributed by atoms with Crippen LogP contribution in [-0.2, 0) is 13.1 Å². The molecular weight excluding hydrogens is 306 g/mol. The quantitative estimate of drug-likeness (QED) is 0.516. The van der Waals surface area contributed by atoms with E-state index in [4.69, 9.17) is 11.6 Å². The minimum Gasteiger partial charge on any atom is -0.352 e. The average Bonchev–Trinajstić information content (AvgIpc) is 2.80. The molecule has 0 bridgehead atoms. The first-order valence-corrected chi connectivity index (χ1v) is 7.76. The second kappa shape index (κ2) is 7.38. The predicted molar refractivity (Wildman–Crippen MR) is 87.9 cm³/mol. The van der Waals surface area contributed by atoms with Crippen LogP contribution in [0.5, 0.6) is 0 Å². The second-order valence-corrected chi connectivity index (χ2v) is 6.19. The Morgan fingerprint density at radius 1 is 1.29 bits per heavy atom. The number of pyridine rings is 1. The lowest BCUT2D eigenvalue weighted by molar-refractivity contribution is 0.801. The summed E-state index contributed by atoms with van der Waals surface area (Å²) in [5, 5.41) is 8.03. The molecule has 2 rings (SSSR count). The number of rotatable bonds is 4. The number of hydrogen-bond acceptors (Lipinski definition) is 4. The molecule has 0 aliphatic carbocycles. The lowest BCUT2D eigenvalue weighted by Gasteiger charge is -2.10. The third-order valence-electron chi connectivity index (χ3n) is 2.95. The monoisotopic (exact) mass is 323 g/mol. The highest BCUT2D eigenvalue weighted by molar-refractivity contribution is 7.11. The molecule has 0 radical (unpaired) electrons. The van der Waals surface area contributed by atoms with Crippen molar-refractivity contribution in [3.8, 4) is 0 Å². The summed E-state index contributed by atoms with van der Waals surface area (Å²) in [6.45, 7) is 5.41. The number of aromatic nitrogens is 2. The van der Waals surface area contributed by atoms with Crippen LogP contribution in [0.4, 0.5) is 0 Å². The number of hydrogen-bond donors (Lipinski definition) is 2. The van der Waals surface area contributed by atoms with Crippen molar-refractivity contribution in [3.63, 3.8) is 0 Å². The van der Waals surface area contributed by atoms with E-state index in [1.165, 1.54) is 4.88 Å². The smallest absolute Gasteiger partial charge is 0.191 e. The van der Waals surface area contributed by atoms with Gasteiger partial charge in [-0.2, -0.15) is 0 Å². The van der Waals surface area contributed by atoms with Crippen molar-refractivity contribution in [2.45, 2.75) is 26.9 Å². The molecule has 2 aromatic rings. The first-order valence-electron chi connectivity index (χ1n) is 6.56. The predicted octanol–water partition coefficient (Wildman–Crippen LogP) is 2.67. The SMILES string of the molecule is CN=C(NCc1ccc(Cl)nc1)NCc1nc(C)c(C)s1. The van der Waals surface area contributed by atoms with Crippen LogP contribution in [0.3, 0.4) is 0 Å². The normalized spacial score (nSPS) is 11.5. The van der Waals surface area contributed by atoms with E-state index in [9.17, 15) is 0 Å². The van der Waals surface area contributed by atoms with Gasteiger partial charge in [0.05, 0.1) is 12.2 Å². The number of aryl methyl sites for hydroxylation is 2. The Balaban J connectivity index is 1.84. The van der Waals surface area contributed by atoms with Gasteiger partial charge in [0.25, 0.3) is 0 Å². The van der Waals surface area contributed by atoms with Crippen LogP contribution in [0, 0.1) is 13.8 Å². The zero-order valence-electron chi connectivity index (χ0n) is 12.3. The summed E-state index contributed by atoms with van der Waals surface area (Å²) in [6.07, 6.45) is 1.75. The molecule has 0 atom stereocenters. The fourth-order valence-corrected chi connectivity index (χ4v) is 2.68. The van der Waals surface area contributed by atoms with Gasteiger partial charge in [0.1, 0.15) is 10.2 Å². The van der Waals surface area contributed by atoms with E-state index >= 15 is 0 Å². The molecule has 0 saturated carbocycles. The summed E-state index contributed by atoms with van der Waals surface area (Å²) in [4.78, 5) is 14.0. The molecule has 0 fully saturated rings. The minimum atomic E-state index is 0.496. The molecule has 0 unspecified atom stereocenters. The van der Waals surface area contributed by atoms with E-state index in [-0.39, 0.29) is 0 Å². The zero-order chi connectivity index (χ0) is 15.2.